The van der Waals surface area contributed by atoms with Crippen LogP contribution in [0.25, 0.3) is 0 Å². The molecule has 1 amide bonds. The van der Waals surface area contributed by atoms with Crippen molar-refractivity contribution in [2.75, 3.05) is 11.9 Å². The van der Waals surface area contributed by atoms with E-state index in [1.807, 2.05) is 25.1 Å². The summed E-state index contributed by atoms with van der Waals surface area (Å²) in [7, 11) is 1.77. The molecule has 2 N–H and O–H groups in total. The predicted molar refractivity (Wildman–Crippen MR) is 80.9 cm³/mol. The number of rotatable bonds is 3. The van der Waals surface area contributed by atoms with Crippen LogP contribution in [0.4, 0.5) is 5.69 Å². The average molecular weight is 283 g/mol. The maximum atomic E-state index is 12.1. The molecule has 0 aliphatic carbocycles. The van der Waals surface area contributed by atoms with Crippen LogP contribution >= 0.6 is 0 Å². The number of benzene rings is 1. The number of hydrogen-bond donors (Lipinski definition) is 2. The molecule has 0 aliphatic rings. The summed E-state index contributed by atoms with van der Waals surface area (Å²) in [5, 5.41) is 11.5. The van der Waals surface area contributed by atoms with E-state index < -0.39 is 0 Å². The highest BCUT2D eigenvalue weighted by atomic mass is 16.2. The minimum Gasteiger partial charge on any atom is -0.395 e. The zero-order valence-electron chi connectivity index (χ0n) is 12.1. The number of imidazole rings is 1. The van der Waals surface area contributed by atoms with Crippen molar-refractivity contribution in [2.24, 2.45) is 7.05 Å². The second-order valence-electron chi connectivity index (χ2n) is 4.65. The van der Waals surface area contributed by atoms with Gasteiger partial charge in [-0.05, 0) is 30.7 Å². The molecule has 0 bridgehead atoms. The first-order valence-electron chi connectivity index (χ1n) is 6.60. The molecule has 21 heavy (non-hydrogen) atoms. The molecule has 1 aromatic carbocycles. The number of aromatic nitrogens is 2. The highest BCUT2D eigenvalue weighted by Gasteiger charge is 2.10. The van der Waals surface area contributed by atoms with Gasteiger partial charge in [0.15, 0.2) is 0 Å². The molecule has 2 rings (SSSR count). The van der Waals surface area contributed by atoms with Crippen molar-refractivity contribution >= 4 is 11.6 Å². The summed E-state index contributed by atoms with van der Waals surface area (Å²) >= 11 is 0. The second kappa shape index (κ2) is 6.73. The molecule has 0 atom stereocenters. The van der Waals surface area contributed by atoms with Crippen LogP contribution in [0.5, 0.6) is 0 Å². The Hall–Kier alpha value is -2.58. The summed E-state index contributed by atoms with van der Waals surface area (Å²) in [5.41, 5.74) is 3.08. The molecule has 0 unspecified atom stereocenters. The van der Waals surface area contributed by atoms with Gasteiger partial charge in [-0.2, -0.15) is 0 Å². The van der Waals surface area contributed by atoms with Gasteiger partial charge in [0.05, 0.1) is 19.1 Å². The quantitative estimate of drug-likeness (QED) is 0.843. The van der Waals surface area contributed by atoms with Crippen LogP contribution in [-0.2, 0) is 7.05 Å². The summed E-state index contributed by atoms with van der Waals surface area (Å²) < 4.78 is 1.66. The van der Waals surface area contributed by atoms with Crippen molar-refractivity contribution in [1.82, 2.24) is 9.55 Å². The Labute approximate surface area is 123 Å². The maximum absolute atomic E-state index is 12.1. The molecule has 0 saturated carbocycles. The first-order valence-corrected chi connectivity index (χ1v) is 6.60. The molecule has 108 valence electrons. The molecule has 0 fully saturated rings. The van der Waals surface area contributed by atoms with Crippen LogP contribution in [0, 0.1) is 18.8 Å². The number of amides is 1. The summed E-state index contributed by atoms with van der Waals surface area (Å²) in [5.74, 6) is 5.68. The minimum absolute atomic E-state index is 0.0604. The van der Waals surface area contributed by atoms with E-state index in [-0.39, 0.29) is 12.5 Å². The molecular formula is C16H17N3O2. The largest absolute Gasteiger partial charge is 0.395 e. The molecule has 5 heteroatoms. The molecule has 1 aromatic heterocycles. The standard InChI is InChI=1S/C16H17N3O2/c1-12-9-14(7-6-13(12)5-3-4-8-20)18-16(21)15-10-17-11-19(15)2/h6-7,9-11,20H,4,8H2,1-2H3,(H,18,21). The summed E-state index contributed by atoms with van der Waals surface area (Å²) in [4.78, 5) is 16.0. The molecule has 1 heterocycles. The van der Waals surface area contributed by atoms with Gasteiger partial charge in [-0.25, -0.2) is 4.98 Å². The smallest absolute Gasteiger partial charge is 0.273 e. The van der Waals surface area contributed by atoms with Gasteiger partial charge in [-0.15, -0.1) is 0 Å². The Morgan fingerprint density at radius 3 is 2.90 bits per heavy atom. The zero-order valence-corrected chi connectivity index (χ0v) is 12.1. The van der Waals surface area contributed by atoms with Crippen LogP contribution in [0.1, 0.15) is 28.0 Å². The van der Waals surface area contributed by atoms with Crippen molar-refractivity contribution in [2.45, 2.75) is 13.3 Å². The second-order valence-corrected chi connectivity index (χ2v) is 4.65. The van der Waals surface area contributed by atoms with E-state index in [1.54, 1.807) is 17.9 Å². The first kappa shape index (κ1) is 14.8. The number of aliphatic hydroxyl groups is 1. The number of aliphatic hydroxyl groups excluding tert-OH is 1. The Morgan fingerprint density at radius 2 is 2.29 bits per heavy atom. The highest BCUT2D eigenvalue weighted by Crippen LogP contribution is 2.15. The van der Waals surface area contributed by atoms with Gasteiger partial charge in [-0.1, -0.05) is 11.8 Å². The van der Waals surface area contributed by atoms with Crippen molar-refractivity contribution in [1.29, 1.82) is 0 Å². The molecular weight excluding hydrogens is 266 g/mol. The Balaban J connectivity index is 2.12. The van der Waals surface area contributed by atoms with Gasteiger partial charge in [0.25, 0.3) is 5.91 Å². The lowest BCUT2D eigenvalue weighted by atomic mass is 10.1. The molecule has 0 saturated heterocycles. The number of anilines is 1. The Bertz CT molecular complexity index is 708. The molecule has 2 aromatic rings. The van der Waals surface area contributed by atoms with E-state index in [9.17, 15) is 4.79 Å². The maximum Gasteiger partial charge on any atom is 0.273 e. The SMILES string of the molecule is Cc1cc(NC(=O)c2cncn2C)ccc1C#CCCO. The fourth-order valence-electron chi connectivity index (χ4n) is 1.87. The highest BCUT2D eigenvalue weighted by molar-refractivity contribution is 6.03. The van der Waals surface area contributed by atoms with Crippen LogP contribution in [0.2, 0.25) is 0 Å². The summed E-state index contributed by atoms with van der Waals surface area (Å²) in [6, 6.07) is 5.54. The van der Waals surface area contributed by atoms with Gasteiger partial charge in [-0.3, -0.25) is 4.79 Å². The molecule has 0 spiro atoms. The van der Waals surface area contributed by atoms with Crippen molar-refractivity contribution in [3.05, 3.63) is 47.5 Å². The fraction of sp³-hybridized carbons (Fsp3) is 0.250. The van der Waals surface area contributed by atoms with Crippen LogP contribution in [-0.4, -0.2) is 27.2 Å². The van der Waals surface area contributed by atoms with Crippen molar-refractivity contribution in [3.8, 4) is 11.8 Å². The van der Waals surface area contributed by atoms with Crippen molar-refractivity contribution < 1.29 is 9.90 Å². The van der Waals surface area contributed by atoms with Gasteiger partial charge in [0.2, 0.25) is 0 Å². The number of nitrogens with zero attached hydrogens (tertiary/aromatic N) is 2. The average Bonchev–Trinajstić information content (AvgIpc) is 2.88. The topological polar surface area (TPSA) is 67.2 Å². The first-order chi connectivity index (χ1) is 10.1. The lowest BCUT2D eigenvalue weighted by Gasteiger charge is -2.07. The number of carbonyl (C=O) groups is 1. The lowest BCUT2D eigenvalue weighted by molar-refractivity contribution is 0.101. The molecule has 0 radical (unpaired) electrons. The lowest BCUT2D eigenvalue weighted by Crippen LogP contribution is -2.15. The van der Waals surface area contributed by atoms with Crippen LogP contribution < -0.4 is 5.32 Å². The van der Waals surface area contributed by atoms with E-state index in [4.69, 9.17) is 5.11 Å². The predicted octanol–water partition coefficient (Wildman–Crippen LogP) is 1.71. The van der Waals surface area contributed by atoms with Gasteiger partial charge in [0, 0.05) is 24.7 Å². The third-order valence-electron chi connectivity index (χ3n) is 2.99. The number of hydrogen-bond acceptors (Lipinski definition) is 3. The van der Waals surface area contributed by atoms with Gasteiger partial charge < -0.3 is 15.0 Å². The van der Waals surface area contributed by atoms with E-state index in [2.05, 4.69) is 22.1 Å². The monoisotopic (exact) mass is 283 g/mol. The van der Waals surface area contributed by atoms with E-state index in [0.717, 1.165) is 11.1 Å². The van der Waals surface area contributed by atoms with E-state index in [0.29, 0.717) is 17.8 Å². The third-order valence-corrected chi connectivity index (χ3v) is 2.99. The number of nitrogens with one attached hydrogen (secondary N) is 1. The van der Waals surface area contributed by atoms with Gasteiger partial charge >= 0.3 is 0 Å². The fourth-order valence-corrected chi connectivity index (χ4v) is 1.87. The van der Waals surface area contributed by atoms with Crippen LogP contribution in [0.3, 0.4) is 0 Å². The third kappa shape index (κ3) is 3.71. The van der Waals surface area contributed by atoms with Crippen LogP contribution in [0.15, 0.2) is 30.7 Å². The zero-order chi connectivity index (χ0) is 15.2. The Kier molecular flexibility index (Phi) is 4.75. The number of aryl methyl sites for hydroxylation is 2. The summed E-state index contributed by atoms with van der Waals surface area (Å²) in [6.45, 7) is 1.99. The molecule has 5 nitrogen and oxygen atoms in total. The van der Waals surface area contributed by atoms with E-state index >= 15 is 0 Å². The van der Waals surface area contributed by atoms with Crippen molar-refractivity contribution in [3.63, 3.8) is 0 Å². The van der Waals surface area contributed by atoms with E-state index in [1.165, 1.54) is 6.20 Å². The number of carbonyl (C=O) groups excluding carboxylic acids is 1. The summed E-state index contributed by atoms with van der Waals surface area (Å²) in [6.07, 6.45) is 3.56. The Morgan fingerprint density at radius 1 is 1.48 bits per heavy atom. The minimum atomic E-state index is -0.200. The van der Waals surface area contributed by atoms with Gasteiger partial charge in [0.1, 0.15) is 5.69 Å². The molecule has 0 aliphatic heterocycles. The normalized spacial score (nSPS) is 9.86.